The Morgan fingerprint density at radius 2 is 2.00 bits per heavy atom. The third-order valence-corrected chi connectivity index (χ3v) is 5.29. The van der Waals surface area contributed by atoms with Gasteiger partial charge < -0.3 is 15.0 Å². The van der Waals surface area contributed by atoms with Crippen molar-refractivity contribution in [2.24, 2.45) is 0 Å². The Bertz CT molecular complexity index is 610. The molecule has 0 aliphatic heterocycles. The molecule has 0 radical (unpaired) electrons. The predicted octanol–water partition coefficient (Wildman–Crippen LogP) is 2.80. The van der Waals surface area contributed by atoms with Crippen molar-refractivity contribution in [1.82, 2.24) is 10.2 Å². The summed E-state index contributed by atoms with van der Waals surface area (Å²) in [5.41, 5.74) is 1.31. The van der Waals surface area contributed by atoms with Crippen LogP contribution in [0.1, 0.15) is 38.2 Å². The average molecular weight is 367 g/mol. The normalized spacial score (nSPS) is 23.3. The number of esters is 1. The minimum atomic E-state index is -0.438. The number of nitrogens with one attached hydrogen (secondary N) is 1. The van der Waals surface area contributed by atoms with Crippen molar-refractivity contribution < 1.29 is 14.3 Å². The van der Waals surface area contributed by atoms with Crippen LogP contribution >= 0.6 is 11.6 Å². The number of rotatable bonds is 6. The number of likely N-dealkylation sites (N-methyl/N-ethyl adjacent to an activating group) is 1. The quantitative estimate of drug-likeness (QED) is 0.786. The van der Waals surface area contributed by atoms with Gasteiger partial charge in [0.25, 0.3) is 5.91 Å². The lowest BCUT2D eigenvalue weighted by atomic mass is 9.75. The van der Waals surface area contributed by atoms with E-state index in [9.17, 15) is 9.59 Å². The molecule has 1 aliphatic rings. The van der Waals surface area contributed by atoms with Crippen LogP contribution in [0.4, 0.5) is 0 Å². The van der Waals surface area contributed by atoms with Gasteiger partial charge >= 0.3 is 5.97 Å². The van der Waals surface area contributed by atoms with Crippen molar-refractivity contribution in [3.8, 4) is 0 Å². The molecule has 0 spiro atoms. The number of nitrogens with zero attached hydrogens (tertiary/aromatic N) is 1. The smallest absolute Gasteiger partial charge is 0.303 e. The summed E-state index contributed by atoms with van der Waals surface area (Å²) in [6, 6.07) is 8.16. The first-order chi connectivity index (χ1) is 11.8. The van der Waals surface area contributed by atoms with Gasteiger partial charge in [0.15, 0.2) is 6.61 Å². The van der Waals surface area contributed by atoms with E-state index in [1.807, 2.05) is 18.2 Å². The van der Waals surface area contributed by atoms with Crippen LogP contribution in [0.3, 0.4) is 0 Å². The fourth-order valence-corrected chi connectivity index (χ4v) is 3.76. The molecule has 1 aliphatic carbocycles. The second-order valence-electron chi connectivity index (χ2n) is 7.05. The second-order valence-corrected chi connectivity index (χ2v) is 7.48. The molecule has 0 atom stereocenters. The Hall–Kier alpha value is -1.59. The zero-order valence-corrected chi connectivity index (χ0v) is 15.9. The van der Waals surface area contributed by atoms with Crippen molar-refractivity contribution in [3.05, 3.63) is 34.9 Å². The third-order valence-electron chi connectivity index (χ3n) is 5.06. The van der Waals surface area contributed by atoms with Crippen LogP contribution in [0.2, 0.25) is 5.02 Å². The van der Waals surface area contributed by atoms with Gasteiger partial charge in [-0.15, -0.1) is 0 Å². The molecule has 0 unspecified atom stereocenters. The van der Waals surface area contributed by atoms with Crippen LogP contribution in [-0.2, 0) is 20.7 Å². The maximum absolute atomic E-state index is 11.8. The van der Waals surface area contributed by atoms with Gasteiger partial charge in [0.05, 0.1) is 0 Å². The van der Waals surface area contributed by atoms with Crippen molar-refractivity contribution >= 4 is 23.5 Å². The van der Waals surface area contributed by atoms with E-state index in [4.69, 9.17) is 16.3 Å². The highest BCUT2D eigenvalue weighted by Crippen LogP contribution is 2.35. The van der Waals surface area contributed by atoms with Crippen LogP contribution in [0.25, 0.3) is 0 Å². The lowest BCUT2D eigenvalue weighted by Gasteiger charge is -2.45. The van der Waals surface area contributed by atoms with E-state index < -0.39 is 5.97 Å². The Labute approximate surface area is 154 Å². The lowest BCUT2D eigenvalue weighted by Crippen LogP contribution is -2.52. The first-order valence-electron chi connectivity index (χ1n) is 8.65. The van der Waals surface area contributed by atoms with Crippen LogP contribution in [0.5, 0.6) is 0 Å². The van der Waals surface area contributed by atoms with Gasteiger partial charge in [-0.3, -0.25) is 9.59 Å². The molecular weight excluding hydrogens is 340 g/mol. The molecule has 0 bridgehead atoms. The fourth-order valence-electron chi connectivity index (χ4n) is 3.54. The first kappa shape index (κ1) is 19.7. The van der Waals surface area contributed by atoms with Crippen LogP contribution in [0, 0.1) is 0 Å². The Kier molecular flexibility index (Phi) is 6.85. The van der Waals surface area contributed by atoms with E-state index in [0.717, 1.165) is 37.1 Å². The molecule has 1 aromatic carbocycles. The molecule has 1 amide bonds. The lowest BCUT2D eigenvalue weighted by molar-refractivity contribution is -0.146. The Morgan fingerprint density at radius 1 is 1.32 bits per heavy atom. The van der Waals surface area contributed by atoms with Gasteiger partial charge in [-0.2, -0.15) is 0 Å². The van der Waals surface area contributed by atoms with Crippen LogP contribution < -0.4 is 5.32 Å². The predicted molar refractivity (Wildman–Crippen MR) is 98.6 cm³/mol. The van der Waals surface area contributed by atoms with Gasteiger partial charge in [0.2, 0.25) is 0 Å². The van der Waals surface area contributed by atoms with Crippen molar-refractivity contribution in [1.29, 1.82) is 0 Å². The topological polar surface area (TPSA) is 58.6 Å². The van der Waals surface area contributed by atoms with E-state index in [-0.39, 0.29) is 24.1 Å². The number of hydrogen-bond acceptors (Lipinski definition) is 4. The summed E-state index contributed by atoms with van der Waals surface area (Å²) in [5.74, 6) is -0.667. The standard InChI is InChI=1S/C19H27ClN2O3/c1-14(23)25-13-18(24)21-17-7-9-19(10-8-17,22(2)3)12-15-5-4-6-16(20)11-15/h4-6,11,17H,7-10,12-13H2,1-3H3,(H,21,24). The number of carbonyl (C=O) groups excluding carboxylic acids is 2. The maximum Gasteiger partial charge on any atom is 0.303 e. The number of halogens is 1. The van der Waals surface area contributed by atoms with E-state index in [1.54, 1.807) is 0 Å². The van der Waals surface area contributed by atoms with Gasteiger partial charge in [-0.25, -0.2) is 0 Å². The maximum atomic E-state index is 11.8. The molecule has 0 saturated heterocycles. The summed E-state index contributed by atoms with van der Waals surface area (Å²) in [7, 11) is 4.23. The number of amides is 1. The number of hydrogen-bond donors (Lipinski definition) is 1. The molecule has 6 heteroatoms. The highest BCUT2D eigenvalue weighted by atomic mass is 35.5. The minimum Gasteiger partial charge on any atom is -0.456 e. The number of ether oxygens (including phenoxy) is 1. The SMILES string of the molecule is CC(=O)OCC(=O)NC1CCC(Cc2cccc(Cl)c2)(N(C)C)CC1. The molecule has 5 nitrogen and oxygen atoms in total. The van der Waals surface area contributed by atoms with E-state index in [1.165, 1.54) is 12.5 Å². The summed E-state index contributed by atoms with van der Waals surface area (Å²) >= 11 is 6.12. The molecule has 1 saturated carbocycles. The largest absolute Gasteiger partial charge is 0.456 e. The molecule has 1 N–H and O–H groups in total. The minimum absolute atomic E-state index is 0.0712. The molecule has 0 heterocycles. The van der Waals surface area contributed by atoms with Crippen LogP contribution in [-0.4, -0.2) is 49.1 Å². The Morgan fingerprint density at radius 3 is 2.56 bits per heavy atom. The number of carbonyl (C=O) groups is 2. The molecule has 1 fully saturated rings. The molecular formula is C19H27ClN2O3. The number of benzene rings is 1. The summed E-state index contributed by atoms with van der Waals surface area (Å²) in [4.78, 5) is 24.9. The first-order valence-corrected chi connectivity index (χ1v) is 9.03. The monoisotopic (exact) mass is 366 g/mol. The van der Waals surface area contributed by atoms with Crippen molar-refractivity contribution in [2.45, 2.75) is 50.6 Å². The molecule has 1 aromatic rings. The van der Waals surface area contributed by atoms with Gasteiger partial charge in [-0.1, -0.05) is 23.7 Å². The van der Waals surface area contributed by atoms with Crippen molar-refractivity contribution in [2.75, 3.05) is 20.7 Å². The van der Waals surface area contributed by atoms with Crippen molar-refractivity contribution in [3.63, 3.8) is 0 Å². The highest BCUT2D eigenvalue weighted by Gasteiger charge is 2.37. The third kappa shape index (κ3) is 5.72. The highest BCUT2D eigenvalue weighted by molar-refractivity contribution is 6.30. The Balaban J connectivity index is 1.93. The van der Waals surface area contributed by atoms with E-state index in [0.29, 0.717) is 0 Å². The molecule has 25 heavy (non-hydrogen) atoms. The summed E-state index contributed by atoms with van der Waals surface area (Å²) in [6.45, 7) is 1.10. The zero-order valence-electron chi connectivity index (χ0n) is 15.2. The van der Waals surface area contributed by atoms with Gasteiger partial charge in [-0.05, 0) is 63.9 Å². The van der Waals surface area contributed by atoms with E-state index in [2.05, 4.69) is 30.4 Å². The summed E-state index contributed by atoms with van der Waals surface area (Å²) < 4.78 is 4.74. The fraction of sp³-hybridized carbons (Fsp3) is 0.579. The molecule has 0 aromatic heterocycles. The molecule has 138 valence electrons. The van der Waals surface area contributed by atoms with E-state index >= 15 is 0 Å². The van der Waals surface area contributed by atoms with Gasteiger partial charge in [0.1, 0.15) is 0 Å². The summed E-state index contributed by atoms with van der Waals surface area (Å²) in [6.07, 6.45) is 4.74. The zero-order chi connectivity index (χ0) is 18.4. The second kappa shape index (κ2) is 8.68. The van der Waals surface area contributed by atoms with Gasteiger partial charge in [0, 0.05) is 23.5 Å². The summed E-state index contributed by atoms with van der Waals surface area (Å²) in [5, 5.41) is 3.73. The molecule has 2 rings (SSSR count). The average Bonchev–Trinajstić information content (AvgIpc) is 2.55. The van der Waals surface area contributed by atoms with Crippen LogP contribution in [0.15, 0.2) is 24.3 Å².